The Morgan fingerprint density at radius 3 is 1.78 bits per heavy atom. The normalized spacial score (nSPS) is 23.5. The number of carbonyl (C=O) groups is 17. The minimum absolute atomic E-state index is 0.0251. The number of imidazole rings is 1. The topological polar surface area (TPSA) is 621 Å². The zero-order chi connectivity index (χ0) is 96.7. The predicted octanol–water partition coefficient (Wildman–Crippen LogP) is -1.87. The van der Waals surface area contributed by atoms with E-state index in [-0.39, 0.29) is 70.3 Å². The maximum absolute atomic E-state index is 15.7. The highest BCUT2D eigenvalue weighted by atomic mass is 35.5. The lowest BCUT2D eigenvalue weighted by molar-refractivity contribution is -0.149. The Bertz CT molecular complexity index is 5090. The number of nitrogens with one attached hydrogen (secondary N) is 15. The number of nitrogens with two attached hydrogens (primary N) is 3. The number of para-hydroxylation sites is 1. The molecule has 5 heterocycles. The lowest BCUT2D eigenvalue weighted by Crippen LogP contribution is -2.62. The van der Waals surface area contributed by atoms with Gasteiger partial charge in [-0.15, -0.1) is 11.8 Å². The molecule has 132 heavy (non-hydrogen) atoms. The van der Waals surface area contributed by atoms with Gasteiger partial charge in [0, 0.05) is 130 Å². The Morgan fingerprint density at radius 1 is 0.568 bits per heavy atom. The summed E-state index contributed by atoms with van der Waals surface area (Å²) in [6.07, 6.45) is 5.84. The van der Waals surface area contributed by atoms with Gasteiger partial charge in [0.15, 0.2) is 5.96 Å². The number of halogens is 1. The van der Waals surface area contributed by atoms with E-state index in [0.717, 1.165) is 31.4 Å². The van der Waals surface area contributed by atoms with Crippen molar-refractivity contribution < 1.29 is 86.6 Å². The molecule has 0 spiro atoms. The van der Waals surface area contributed by atoms with E-state index in [0.29, 0.717) is 74.9 Å². The molecule has 0 radical (unpaired) electrons. The minimum atomic E-state index is -1.88. The smallest absolute Gasteiger partial charge is 0.245 e. The lowest BCUT2D eigenvalue weighted by Gasteiger charge is -2.36. The molecule has 2 fully saturated rings. The molecule has 0 saturated carbocycles. The lowest BCUT2D eigenvalue weighted by atomic mass is 10.00. The number of likely N-dealkylation sites (N-methyl/N-ethyl adjacent to an activating group) is 4. The molecule has 17 amide bonds. The minimum Gasteiger partial charge on any atom is -0.394 e. The largest absolute Gasteiger partial charge is 0.394 e. The van der Waals surface area contributed by atoms with Gasteiger partial charge in [-0.2, -0.15) is 0 Å². The third kappa shape index (κ3) is 29.9. The highest BCUT2D eigenvalue weighted by Gasteiger charge is 2.44. The van der Waals surface area contributed by atoms with Crippen molar-refractivity contribution >= 4 is 152 Å². The molecule has 42 nitrogen and oxygen atoms in total. The second kappa shape index (κ2) is 50.3. The van der Waals surface area contributed by atoms with Crippen LogP contribution in [0, 0.1) is 11.3 Å². The van der Waals surface area contributed by atoms with Crippen molar-refractivity contribution in [2.24, 2.45) is 23.1 Å². The summed E-state index contributed by atoms with van der Waals surface area (Å²) in [6, 6.07) is 0.506. The number of primary amides is 2. The summed E-state index contributed by atoms with van der Waals surface area (Å²) in [4.78, 5) is 267. The zero-order valence-corrected chi connectivity index (χ0v) is 77.0. The van der Waals surface area contributed by atoms with E-state index in [4.69, 9.17) is 34.2 Å². The number of thioether (sulfide) groups is 1. The fourth-order valence-electron chi connectivity index (χ4n) is 15.6. The van der Waals surface area contributed by atoms with Gasteiger partial charge in [-0.1, -0.05) is 114 Å². The van der Waals surface area contributed by atoms with Crippen molar-refractivity contribution in [2.45, 2.75) is 209 Å². The van der Waals surface area contributed by atoms with Crippen LogP contribution in [0.25, 0.3) is 21.8 Å². The van der Waals surface area contributed by atoms with E-state index in [1.54, 1.807) is 99.0 Å². The summed E-state index contributed by atoms with van der Waals surface area (Å²) in [5.41, 5.74) is 19.8. The van der Waals surface area contributed by atoms with E-state index in [1.165, 1.54) is 52.5 Å². The number of aliphatic hydroxyl groups is 1. The number of H-pyrrole nitrogens is 3. The third-order valence-electron chi connectivity index (χ3n) is 23.0. The summed E-state index contributed by atoms with van der Waals surface area (Å²) in [7, 11) is 5.19. The predicted molar refractivity (Wildman–Crippen MR) is 490 cm³/mol. The number of aliphatic hydroxyl groups excluding tert-OH is 1. The number of carbonyl (C=O) groups excluding carboxylic acids is 17. The Morgan fingerprint density at radius 2 is 1.14 bits per heavy atom. The second-order valence-corrected chi connectivity index (χ2v) is 34.9. The molecule has 6 aromatic rings. The average Bonchev–Trinajstić information content (AvgIpc) is 1.61. The van der Waals surface area contributed by atoms with Crippen LogP contribution in [-0.2, 0) is 107 Å². The quantitative estimate of drug-likeness (QED) is 0.0220. The van der Waals surface area contributed by atoms with Crippen molar-refractivity contribution in [1.29, 1.82) is 5.41 Å². The van der Waals surface area contributed by atoms with Crippen LogP contribution in [0.1, 0.15) is 128 Å². The van der Waals surface area contributed by atoms with Crippen LogP contribution in [0.5, 0.6) is 0 Å². The Kier molecular flexibility index (Phi) is 39.7. The van der Waals surface area contributed by atoms with Gasteiger partial charge in [-0.05, 0) is 92.3 Å². The van der Waals surface area contributed by atoms with Crippen LogP contribution in [0.4, 0.5) is 0 Å². The number of aromatic nitrogens is 4. The fraction of sp³-hybridized carbons (Fsp3) is 0.511. The molecule has 13 atom stereocenters. The van der Waals surface area contributed by atoms with Gasteiger partial charge < -0.3 is 120 Å². The first-order chi connectivity index (χ1) is 62.8. The van der Waals surface area contributed by atoms with Gasteiger partial charge in [-0.25, -0.2) is 4.98 Å². The first-order valence-electron chi connectivity index (χ1n) is 43.8. The SMILES string of the molecule is CCCC[C@H]1C(=O)N(C)[C@@H](CCCC)C(=O)N[C@@H](CNC(=N)N)C(=O)N[C@H](C(=O)NCC(N)=O)CSCC(=O)N[C@@H](Cc2ccccc2)C(=O)N(C)[C@@H](C)C(=O)N[C@@H](CCC(N)=O)C(=O)N2CCC[C@H]2C(=O)N[C@@H](Cc2cnc[nH]2)C(=O)N[C@@H](CC(C)C)C(=O)N(C)CC(=O)N[C@@H](Cc2c[nH]c3ccccc23)C(=O)N[C@@H](CO)C(=O)N[C@@H](Cc2c[nH]c3ccc(Cl)cc23)C(=O)N1C. The Hall–Kier alpha value is -13.2. The number of benzene rings is 3. The summed E-state index contributed by atoms with van der Waals surface area (Å²) < 4.78 is 0. The molecule has 0 bridgehead atoms. The molecule has 8 rings (SSSR count). The first kappa shape index (κ1) is 104. The summed E-state index contributed by atoms with van der Waals surface area (Å²) in [5.74, 6) is -17.5. The highest BCUT2D eigenvalue weighted by molar-refractivity contribution is 8.00. The van der Waals surface area contributed by atoms with Crippen LogP contribution in [-0.4, -0.2) is 307 Å². The number of nitrogens with zero attached hydrogens (tertiary/aromatic N) is 6. The summed E-state index contributed by atoms with van der Waals surface area (Å²) in [6.45, 7) is 5.28. The van der Waals surface area contributed by atoms with Gasteiger partial charge >= 0.3 is 0 Å². The Balaban J connectivity index is 1.18. The Labute approximate surface area is 772 Å². The third-order valence-corrected chi connectivity index (χ3v) is 24.2. The molecular weight excluding hydrogens is 1750 g/mol. The number of aromatic amines is 3. The number of fused-ring (bicyclic) bond motifs is 3. The number of hydrogen-bond donors (Lipinski definition) is 19. The van der Waals surface area contributed by atoms with Gasteiger partial charge in [0.1, 0.15) is 78.5 Å². The van der Waals surface area contributed by atoms with Crippen LogP contribution in [0.15, 0.2) is 97.7 Å². The fourth-order valence-corrected chi connectivity index (χ4v) is 16.6. The molecule has 0 aliphatic carbocycles. The number of amides is 17. The molecular formula is C88H123ClN24O18S. The molecule has 2 saturated heterocycles. The number of unbranched alkanes of at least 4 members (excludes halogenated alkanes) is 2. The van der Waals surface area contributed by atoms with Crippen molar-refractivity contribution in [1.82, 2.24) is 103 Å². The monoisotopic (exact) mass is 1870 g/mol. The highest BCUT2D eigenvalue weighted by Crippen LogP contribution is 2.28. The molecule has 3 aromatic heterocycles. The van der Waals surface area contributed by atoms with Crippen molar-refractivity contribution in [2.75, 3.05) is 72.5 Å². The van der Waals surface area contributed by atoms with Crippen molar-refractivity contribution in [3.63, 3.8) is 0 Å². The molecule has 0 unspecified atom stereocenters. The van der Waals surface area contributed by atoms with Crippen molar-refractivity contribution in [3.05, 3.63) is 125 Å². The zero-order valence-electron chi connectivity index (χ0n) is 75.5. The second-order valence-electron chi connectivity index (χ2n) is 33.4. The van der Waals surface area contributed by atoms with E-state index < -0.39 is 236 Å². The van der Waals surface area contributed by atoms with Crippen LogP contribution >= 0.6 is 23.4 Å². The maximum Gasteiger partial charge on any atom is 0.245 e. The van der Waals surface area contributed by atoms with Crippen LogP contribution in [0.2, 0.25) is 5.02 Å². The van der Waals surface area contributed by atoms with E-state index >= 15 is 24.0 Å². The molecule has 2 aliphatic rings. The maximum atomic E-state index is 15.7. The molecule has 22 N–H and O–H groups in total. The van der Waals surface area contributed by atoms with Gasteiger partial charge in [-0.3, -0.25) is 86.9 Å². The van der Waals surface area contributed by atoms with E-state index in [2.05, 4.69) is 78.4 Å². The standard InChI is InChI=1S/C88H123ClN24O18S/c1-10-12-24-68-81(125)106-65(41-98-88(92)93)79(123)108-67(76(120)97-42-72(91)116)45-132-46-74(118)101-63(33-50-20-15-14-16-21-50)84(128)110(7)49(5)75(119)102-59(29-30-71(90)115)86(130)113-31-19-26-69(113)82(126)103-61(37-54-40-94-47-99-54)78(122)104-62(32-48(3)4)83(127)109(6)43-73(117)100-60(34-51-38-95-57-23-18-17-22-55(51)57)77(121)107-66(44-114)80(124)105-64(35-52-39-96-58-28-27-53(89)36-56(52)58)85(129)112(9)70(25-13-11-2)87(131)111(68)8/h14-18,20-23,27-28,36,38-40,47-49,59-70,95-96,114H,10-13,19,24-26,29-35,37,41-46H2,1-9H3,(H2,90,115)(H2,91,116)(H,94,99)(H,97,120)(H,100,117)(H,101,118)(H,102,119)(H,103,126)(H,104,122)(H,105,124)(H,106,125)(H,107,121)(H,108,123)(H4,92,93,98)/t49-,59-,60-,61-,62-,63-,64-,65-,66-,67-,68-,69-,70-/m0/s1. The van der Waals surface area contributed by atoms with Gasteiger partial charge in [0.2, 0.25) is 100 Å². The van der Waals surface area contributed by atoms with Gasteiger partial charge in [0.05, 0.1) is 31.8 Å². The number of hydrogen-bond acceptors (Lipinski definition) is 21. The van der Waals surface area contributed by atoms with E-state index in [9.17, 15) is 62.6 Å². The molecule has 716 valence electrons. The summed E-state index contributed by atoms with van der Waals surface area (Å²) >= 11 is 7.31. The molecule has 44 heteroatoms. The first-order valence-corrected chi connectivity index (χ1v) is 45.3. The summed E-state index contributed by atoms with van der Waals surface area (Å²) in [5, 5.41) is 49.5. The molecule has 3 aromatic carbocycles. The van der Waals surface area contributed by atoms with Crippen LogP contribution in [0.3, 0.4) is 0 Å². The number of rotatable bonds is 25. The van der Waals surface area contributed by atoms with Gasteiger partial charge in [0.25, 0.3) is 0 Å². The van der Waals surface area contributed by atoms with Crippen molar-refractivity contribution in [3.8, 4) is 0 Å². The van der Waals surface area contributed by atoms with Crippen LogP contribution < -0.4 is 75.7 Å². The number of guanidine groups is 1. The average molecular weight is 1870 g/mol. The molecule has 2 aliphatic heterocycles. The van der Waals surface area contributed by atoms with E-state index in [1.807, 2.05) is 13.8 Å².